The van der Waals surface area contributed by atoms with Crippen LogP contribution in [-0.4, -0.2) is 74.3 Å². The maximum absolute atomic E-state index is 12.4. The van der Waals surface area contributed by atoms with Crippen molar-refractivity contribution >= 4 is 46.0 Å². The van der Waals surface area contributed by atoms with Crippen LogP contribution in [-0.2, 0) is 31.8 Å². The molecule has 3 heterocycles. The van der Waals surface area contributed by atoms with E-state index in [-0.39, 0.29) is 22.5 Å². The van der Waals surface area contributed by atoms with Crippen molar-refractivity contribution in [2.45, 2.75) is 37.6 Å². The highest BCUT2D eigenvalue weighted by Crippen LogP contribution is 2.63. The second kappa shape index (κ2) is 12.1. The lowest BCUT2D eigenvalue weighted by molar-refractivity contribution is -0.386. The Balaban J connectivity index is 1.37. The Hall–Kier alpha value is -2.74. The van der Waals surface area contributed by atoms with E-state index in [1.807, 2.05) is 0 Å². The van der Waals surface area contributed by atoms with Crippen LogP contribution in [0.1, 0.15) is 24.8 Å². The van der Waals surface area contributed by atoms with Gasteiger partial charge in [-0.15, -0.1) is 4.86 Å². The summed E-state index contributed by atoms with van der Waals surface area (Å²) in [6.45, 7) is 0.160. The Labute approximate surface area is 234 Å². The van der Waals surface area contributed by atoms with Crippen molar-refractivity contribution in [3.05, 3.63) is 52.6 Å². The summed E-state index contributed by atoms with van der Waals surface area (Å²) < 4.78 is 57.3. The third-order valence-electron chi connectivity index (χ3n) is 5.74. The average Bonchev–Trinajstić information content (AvgIpc) is 3.42. The fourth-order valence-corrected chi connectivity index (χ4v) is 8.08. The van der Waals surface area contributed by atoms with Crippen molar-refractivity contribution in [1.29, 1.82) is 0 Å². The van der Waals surface area contributed by atoms with E-state index in [1.54, 1.807) is 0 Å². The summed E-state index contributed by atoms with van der Waals surface area (Å²) in [5.74, 6) is 0.0285. The molecule has 1 saturated heterocycles. The fourth-order valence-electron chi connectivity index (χ4n) is 3.95. The first kappa shape index (κ1) is 32.2. The van der Waals surface area contributed by atoms with Gasteiger partial charge in [-0.25, -0.2) is 28.6 Å². The molecule has 0 spiro atoms. The highest BCUT2D eigenvalue weighted by molar-refractivity contribution is 7.71. The molecule has 0 amide bonds. The van der Waals surface area contributed by atoms with Gasteiger partial charge in [-0.3, -0.25) is 23.7 Å². The number of aromatic nitrogens is 4. The van der Waals surface area contributed by atoms with Crippen molar-refractivity contribution in [2.75, 3.05) is 12.3 Å². The van der Waals surface area contributed by atoms with Crippen LogP contribution >= 0.6 is 23.3 Å². The number of fused-ring (bicyclic) bond motifs is 1. The number of para-hydroxylation sites is 1. The number of imidazole rings is 1. The summed E-state index contributed by atoms with van der Waals surface area (Å²) in [5, 5.41) is 32.0. The second-order valence-corrected chi connectivity index (χ2v) is 13.6. The molecule has 1 aliphatic heterocycles. The molecule has 4 unspecified atom stereocenters. The first-order chi connectivity index (χ1) is 19.5. The second-order valence-electron chi connectivity index (χ2n) is 8.68. The van der Waals surface area contributed by atoms with Gasteiger partial charge in [0.25, 0.3) is 5.69 Å². The minimum absolute atomic E-state index is 0.0285. The van der Waals surface area contributed by atoms with Gasteiger partial charge in [0.2, 0.25) is 0 Å². The number of aliphatic hydroxyl groups excluding tert-OH is 2. The van der Waals surface area contributed by atoms with E-state index in [0.29, 0.717) is 0 Å². The van der Waals surface area contributed by atoms with E-state index in [2.05, 4.69) is 23.8 Å². The van der Waals surface area contributed by atoms with Crippen LogP contribution in [0.25, 0.3) is 11.2 Å². The van der Waals surface area contributed by atoms with E-state index >= 15 is 0 Å². The largest absolute Gasteiger partial charge is 0.480 e. The molecular formula is C18H24N7O14P3. The summed E-state index contributed by atoms with van der Waals surface area (Å²) in [6.07, 6.45) is -5.31. The van der Waals surface area contributed by atoms with Crippen LogP contribution in [0.2, 0.25) is 0 Å². The number of nitro benzene ring substituents is 1. The summed E-state index contributed by atoms with van der Waals surface area (Å²) in [5.41, 5.74) is 5.40. The van der Waals surface area contributed by atoms with Crippen LogP contribution in [0.3, 0.4) is 0 Å². The standard InChI is InChI=1S/C18H24N7O14P3/c1-9(10-4-2-3-5-11(10)25(28)29)38-40(30,31)23-41(32,33)39-42(34,35)36-6-12-14(26)15(27)18(37-12)24-8-22-13-16(19)20-7-21-17(13)24/h2-5,7-9,12,14-15,18,26-27H,6H2,1H3,(H,34,35)(H2,19,20,21)(H3,23,30,31,32,33)/t9?,12-,14-,15-,18-/m1/s1. The van der Waals surface area contributed by atoms with Crippen molar-refractivity contribution in [2.24, 2.45) is 0 Å². The zero-order chi connectivity index (χ0) is 31.0. The molecule has 21 nitrogen and oxygen atoms in total. The van der Waals surface area contributed by atoms with Crippen molar-refractivity contribution < 1.29 is 61.6 Å². The molecule has 230 valence electrons. The molecule has 0 aliphatic carbocycles. The van der Waals surface area contributed by atoms with Gasteiger partial charge in [0.15, 0.2) is 17.7 Å². The number of hydrogen-bond acceptors (Lipinski definition) is 15. The Morgan fingerprint density at radius 1 is 1.14 bits per heavy atom. The maximum atomic E-state index is 12.4. The van der Waals surface area contributed by atoms with Gasteiger partial charge in [-0.1, -0.05) is 12.1 Å². The SMILES string of the molecule is CC(OP(=O)(O)NP(=O)(O)OP(=O)(O)OC[C@H]1O[C@@H](n2cnc3c(N)ncnc32)[C@H](O)[C@@H]1O)c1ccccc1[N+](=O)[O-]. The number of nitrogens with zero attached hydrogens (tertiary/aromatic N) is 5. The summed E-state index contributed by atoms with van der Waals surface area (Å²) >= 11 is 0. The van der Waals surface area contributed by atoms with Gasteiger partial charge in [0, 0.05) is 6.07 Å². The molecule has 42 heavy (non-hydrogen) atoms. The van der Waals surface area contributed by atoms with Crippen LogP contribution in [0, 0.1) is 10.1 Å². The zero-order valence-electron chi connectivity index (χ0n) is 21.1. The van der Waals surface area contributed by atoms with Gasteiger partial charge in [0.05, 0.1) is 29.5 Å². The predicted molar refractivity (Wildman–Crippen MR) is 138 cm³/mol. The molecule has 4 rings (SSSR count). The normalized spacial score (nSPS) is 25.9. The first-order valence-electron chi connectivity index (χ1n) is 11.5. The number of rotatable bonds is 12. The highest BCUT2D eigenvalue weighted by atomic mass is 31.3. The lowest BCUT2D eigenvalue weighted by atomic mass is 10.1. The van der Waals surface area contributed by atoms with E-state index < -0.39 is 71.2 Å². The summed E-state index contributed by atoms with van der Waals surface area (Å²) in [4.78, 5) is 53.2. The number of aliphatic hydroxyl groups is 2. The molecule has 8 N–H and O–H groups in total. The Morgan fingerprint density at radius 2 is 1.83 bits per heavy atom. The molecule has 0 saturated carbocycles. The van der Waals surface area contributed by atoms with E-state index in [9.17, 15) is 48.7 Å². The number of nitrogens with one attached hydrogen (secondary N) is 1. The molecule has 1 aromatic carbocycles. The number of phosphoric acid groups is 1. The van der Waals surface area contributed by atoms with Gasteiger partial charge >= 0.3 is 23.3 Å². The number of phosphoric ester groups is 1. The highest BCUT2D eigenvalue weighted by Gasteiger charge is 2.47. The van der Waals surface area contributed by atoms with E-state index in [1.165, 1.54) is 34.0 Å². The van der Waals surface area contributed by atoms with Crippen molar-refractivity contribution in [3.63, 3.8) is 0 Å². The molecule has 0 bridgehead atoms. The van der Waals surface area contributed by atoms with E-state index in [4.69, 9.17) is 15.0 Å². The monoisotopic (exact) mass is 655 g/mol. The predicted octanol–water partition coefficient (Wildman–Crippen LogP) is 0.638. The van der Waals surface area contributed by atoms with Gasteiger partial charge in [-0.05, 0) is 13.0 Å². The lowest BCUT2D eigenvalue weighted by Crippen LogP contribution is -2.33. The molecule has 1 fully saturated rings. The number of ether oxygens (including phenoxy) is 1. The zero-order valence-corrected chi connectivity index (χ0v) is 23.8. The van der Waals surface area contributed by atoms with Gasteiger partial charge in [0.1, 0.15) is 30.2 Å². The van der Waals surface area contributed by atoms with Crippen LogP contribution in [0.4, 0.5) is 11.5 Å². The quantitative estimate of drug-likeness (QED) is 0.0799. The van der Waals surface area contributed by atoms with Crippen LogP contribution < -0.4 is 10.6 Å². The third kappa shape index (κ3) is 7.24. The average molecular weight is 655 g/mol. The smallest absolute Gasteiger partial charge is 0.387 e. The third-order valence-corrected chi connectivity index (χ3v) is 10.5. The maximum Gasteiger partial charge on any atom is 0.480 e. The van der Waals surface area contributed by atoms with Gasteiger partial charge in [-0.2, -0.15) is 4.31 Å². The number of nitrogen functional groups attached to an aromatic ring is 1. The van der Waals surface area contributed by atoms with Crippen molar-refractivity contribution in [3.8, 4) is 0 Å². The molecule has 8 atom stereocenters. The number of benzene rings is 1. The Kier molecular flexibility index (Phi) is 9.27. The topological polar surface area (TPSA) is 314 Å². The van der Waals surface area contributed by atoms with Crippen LogP contribution in [0.15, 0.2) is 36.9 Å². The number of hydrogen-bond donors (Lipinski definition) is 7. The molecule has 24 heteroatoms. The Morgan fingerprint density at radius 3 is 2.52 bits per heavy atom. The molecule has 1 aliphatic rings. The van der Waals surface area contributed by atoms with Crippen molar-refractivity contribution in [1.82, 2.24) is 24.4 Å². The summed E-state index contributed by atoms with van der Waals surface area (Å²) in [6, 6.07) is 5.03. The van der Waals surface area contributed by atoms with Gasteiger partial charge < -0.3 is 35.4 Å². The first-order valence-corrected chi connectivity index (χ1v) is 16.2. The fraction of sp³-hybridized carbons (Fsp3) is 0.389. The number of nitro groups is 1. The number of anilines is 1. The molecule has 2 aromatic heterocycles. The van der Waals surface area contributed by atoms with Crippen LogP contribution in [0.5, 0.6) is 0 Å². The molecule has 3 aromatic rings. The Bertz CT molecular complexity index is 1620. The molecular weight excluding hydrogens is 631 g/mol. The minimum atomic E-state index is -5.64. The minimum Gasteiger partial charge on any atom is -0.387 e. The molecule has 0 radical (unpaired) electrons. The van der Waals surface area contributed by atoms with E-state index in [0.717, 1.165) is 19.3 Å². The summed E-state index contributed by atoms with van der Waals surface area (Å²) in [7, 11) is -16.5. The number of nitrogens with two attached hydrogens (primary N) is 1. The lowest BCUT2D eigenvalue weighted by Gasteiger charge is -2.22.